The Bertz CT molecular complexity index is 1780. The van der Waals surface area contributed by atoms with E-state index in [0.717, 1.165) is 47.9 Å². The molecule has 0 spiro atoms. The molecule has 1 aliphatic rings. The zero-order valence-electron chi connectivity index (χ0n) is 21.3. The number of ether oxygens (including phenoxy) is 1. The molecule has 210 valence electrons. The molecule has 2 heterocycles. The minimum Gasteiger partial charge on any atom is -0.451 e. The molecule has 1 aliphatic carbocycles. The zero-order valence-corrected chi connectivity index (χ0v) is 23.0. The molecule has 4 aromatic rings. The van der Waals surface area contributed by atoms with Crippen molar-refractivity contribution >= 4 is 43.2 Å². The van der Waals surface area contributed by atoms with Crippen LogP contribution < -0.4 is 10.3 Å². The summed E-state index contributed by atoms with van der Waals surface area (Å²) in [6.45, 7) is 3.70. The van der Waals surface area contributed by atoms with E-state index in [2.05, 4.69) is 21.6 Å². The number of hydrogen-bond donors (Lipinski definition) is 2. The summed E-state index contributed by atoms with van der Waals surface area (Å²) in [5.74, 6) is -0.183. The van der Waals surface area contributed by atoms with Crippen LogP contribution in [0.25, 0.3) is 10.2 Å². The molecule has 0 bridgehead atoms. The molecule has 0 saturated carbocycles. The summed E-state index contributed by atoms with van der Waals surface area (Å²) in [5, 5.41) is 0.570. The molecule has 2 N–H and O–H groups in total. The second kappa shape index (κ2) is 10.4. The minimum absolute atomic E-state index is 0.109. The highest BCUT2D eigenvalue weighted by molar-refractivity contribution is 7.92. The predicted molar refractivity (Wildman–Crippen MR) is 144 cm³/mol. The van der Waals surface area contributed by atoms with E-state index in [1.54, 1.807) is 0 Å². The van der Waals surface area contributed by atoms with E-state index in [1.807, 2.05) is 0 Å². The molecule has 0 fully saturated rings. The highest BCUT2D eigenvalue weighted by Gasteiger charge is 2.31. The number of thiophene rings is 1. The molecule has 2 aromatic heterocycles. The molecule has 5 rings (SSSR count). The molecule has 13 heteroatoms. The van der Waals surface area contributed by atoms with Crippen LogP contribution in [-0.2, 0) is 33.8 Å². The topological polar surface area (TPSA) is 118 Å². The monoisotopic (exact) mass is 591 g/mol. The van der Waals surface area contributed by atoms with Gasteiger partial charge < -0.3 is 9.72 Å². The Balaban J connectivity index is 1.34. The lowest BCUT2D eigenvalue weighted by molar-refractivity contribution is -0.137. The normalized spacial score (nSPS) is 16.4. The van der Waals surface area contributed by atoms with Crippen molar-refractivity contribution in [2.75, 3.05) is 4.72 Å². The first-order valence-corrected chi connectivity index (χ1v) is 14.7. The Morgan fingerprint density at radius 3 is 2.70 bits per heavy atom. The van der Waals surface area contributed by atoms with Crippen LogP contribution in [0.5, 0.6) is 0 Å². The van der Waals surface area contributed by atoms with Gasteiger partial charge in [0.05, 0.1) is 21.4 Å². The van der Waals surface area contributed by atoms with Gasteiger partial charge in [-0.2, -0.15) is 13.2 Å². The van der Waals surface area contributed by atoms with Crippen molar-refractivity contribution in [1.29, 1.82) is 0 Å². The van der Waals surface area contributed by atoms with Gasteiger partial charge in [0.25, 0.3) is 15.6 Å². The van der Waals surface area contributed by atoms with Gasteiger partial charge in [0.15, 0.2) is 11.9 Å². The van der Waals surface area contributed by atoms with Crippen molar-refractivity contribution in [3.8, 4) is 0 Å². The van der Waals surface area contributed by atoms with Crippen LogP contribution in [0.3, 0.4) is 0 Å². The van der Waals surface area contributed by atoms with Crippen molar-refractivity contribution < 1.29 is 31.1 Å². The summed E-state index contributed by atoms with van der Waals surface area (Å²) in [4.78, 5) is 34.4. The van der Waals surface area contributed by atoms with Gasteiger partial charge >= 0.3 is 12.1 Å². The van der Waals surface area contributed by atoms with Gasteiger partial charge in [-0.25, -0.2) is 18.2 Å². The number of rotatable bonds is 6. The molecule has 40 heavy (non-hydrogen) atoms. The van der Waals surface area contributed by atoms with E-state index < -0.39 is 33.8 Å². The number of benzene rings is 2. The van der Waals surface area contributed by atoms with Crippen LogP contribution in [-0.4, -0.2) is 24.4 Å². The molecule has 0 unspecified atom stereocenters. The Morgan fingerprint density at radius 2 is 1.95 bits per heavy atom. The minimum atomic E-state index is -4.65. The molecular formula is C27H24F3N3O5S2. The van der Waals surface area contributed by atoms with E-state index in [9.17, 15) is 31.2 Å². The van der Waals surface area contributed by atoms with E-state index in [1.165, 1.54) is 42.5 Å². The van der Waals surface area contributed by atoms with E-state index >= 15 is 0 Å². The number of sulfonamides is 1. The average molecular weight is 592 g/mol. The quantitative estimate of drug-likeness (QED) is 0.272. The first-order valence-electron chi connectivity index (χ1n) is 12.4. The van der Waals surface area contributed by atoms with Crippen molar-refractivity contribution in [1.82, 2.24) is 9.97 Å². The van der Waals surface area contributed by atoms with Crippen LogP contribution in [0.15, 0.2) is 58.2 Å². The molecule has 0 saturated heterocycles. The lowest BCUT2D eigenvalue weighted by atomic mass is 9.89. The molecule has 2 atom stereocenters. The number of aromatic amines is 1. The maximum Gasteiger partial charge on any atom is 0.416 e. The largest absolute Gasteiger partial charge is 0.451 e. The van der Waals surface area contributed by atoms with Crippen LogP contribution >= 0.6 is 11.3 Å². The average Bonchev–Trinajstić information content (AvgIpc) is 3.26. The third kappa shape index (κ3) is 5.61. The smallest absolute Gasteiger partial charge is 0.416 e. The number of nitrogens with zero attached hydrogens (tertiary/aromatic N) is 1. The summed E-state index contributed by atoms with van der Waals surface area (Å²) in [6, 6.07) is 8.66. The lowest BCUT2D eigenvalue weighted by Crippen LogP contribution is -2.18. The van der Waals surface area contributed by atoms with Gasteiger partial charge in [-0.3, -0.25) is 9.52 Å². The fourth-order valence-electron chi connectivity index (χ4n) is 4.61. The van der Waals surface area contributed by atoms with Gasteiger partial charge in [-0.1, -0.05) is 19.1 Å². The summed E-state index contributed by atoms with van der Waals surface area (Å²) < 4.78 is 72.3. The van der Waals surface area contributed by atoms with Crippen LogP contribution in [0.4, 0.5) is 18.9 Å². The Hall–Kier alpha value is -3.71. The third-order valence-electron chi connectivity index (χ3n) is 6.67. The zero-order chi connectivity index (χ0) is 28.8. The molecule has 0 radical (unpaired) electrons. The van der Waals surface area contributed by atoms with Crippen molar-refractivity contribution in [2.24, 2.45) is 5.92 Å². The van der Waals surface area contributed by atoms with E-state index in [0.29, 0.717) is 22.2 Å². The van der Waals surface area contributed by atoms with Crippen molar-refractivity contribution in [3.05, 3.63) is 86.3 Å². The number of nitrogens with one attached hydrogen (secondary N) is 2. The maximum atomic E-state index is 13.0. The Kier molecular flexibility index (Phi) is 7.21. The van der Waals surface area contributed by atoms with Gasteiger partial charge in [0.1, 0.15) is 4.83 Å². The number of anilines is 1. The summed E-state index contributed by atoms with van der Waals surface area (Å²) in [7, 11) is -4.33. The number of hydrogen-bond acceptors (Lipinski definition) is 7. The number of aryl methyl sites for hydroxylation is 1. The summed E-state index contributed by atoms with van der Waals surface area (Å²) in [6.07, 6.45) is -2.90. The van der Waals surface area contributed by atoms with Gasteiger partial charge in [-0.15, -0.1) is 11.3 Å². The predicted octanol–water partition coefficient (Wildman–Crippen LogP) is 5.85. The van der Waals surface area contributed by atoms with Gasteiger partial charge in [0.2, 0.25) is 0 Å². The summed E-state index contributed by atoms with van der Waals surface area (Å²) >= 11 is 1.46. The molecule has 0 amide bonds. The maximum absolute atomic E-state index is 13.0. The highest BCUT2D eigenvalue weighted by Crippen LogP contribution is 2.36. The second-order valence-corrected chi connectivity index (χ2v) is 12.5. The number of carbonyl (C=O) groups excluding carboxylic acids is 1. The molecular weight excluding hydrogens is 567 g/mol. The van der Waals surface area contributed by atoms with Crippen molar-refractivity contribution in [2.45, 2.75) is 50.3 Å². The number of alkyl halides is 3. The van der Waals surface area contributed by atoms with Gasteiger partial charge in [-0.05, 0) is 74.1 Å². The van der Waals surface area contributed by atoms with E-state index in [4.69, 9.17) is 4.74 Å². The third-order valence-corrected chi connectivity index (χ3v) is 9.20. The van der Waals surface area contributed by atoms with Crippen LogP contribution in [0.2, 0.25) is 0 Å². The first kappa shape index (κ1) is 27.8. The molecule has 0 aliphatic heterocycles. The van der Waals surface area contributed by atoms with Crippen LogP contribution in [0.1, 0.15) is 58.6 Å². The molecule has 8 nitrogen and oxygen atoms in total. The van der Waals surface area contributed by atoms with E-state index in [-0.39, 0.29) is 27.5 Å². The number of fused-ring (bicyclic) bond motifs is 3. The fourth-order valence-corrected chi connectivity index (χ4v) is 7.09. The number of esters is 1. The van der Waals surface area contributed by atoms with Gasteiger partial charge in [0, 0.05) is 10.6 Å². The molecule has 2 aromatic carbocycles. The number of H-pyrrole nitrogens is 1. The fraction of sp³-hybridized carbons (Fsp3) is 0.296. The second-order valence-electron chi connectivity index (χ2n) is 9.74. The highest BCUT2D eigenvalue weighted by atomic mass is 32.2. The SMILES string of the molecule is C[C@@H]1CCc2c(sc3nc([C@H](C)OC(=O)c4cccc(S(=O)(=O)Nc5cccc(C(F)(F)F)c5)c4)[nH]c(=O)c23)C1. The summed E-state index contributed by atoms with van der Waals surface area (Å²) in [5.41, 5.74) is -0.681. The number of carbonyl (C=O) groups is 1. The van der Waals surface area contributed by atoms with Crippen molar-refractivity contribution in [3.63, 3.8) is 0 Å². The number of halogens is 3. The first-order chi connectivity index (χ1) is 18.8. The Morgan fingerprint density at radius 1 is 1.20 bits per heavy atom. The van der Waals surface area contributed by atoms with Crippen LogP contribution in [0, 0.1) is 5.92 Å². The standard InChI is InChI=1S/C27H24F3N3O5S2/c1-14-9-10-20-21(11-14)39-25-22(20)24(34)31-23(32-25)15(2)38-26(35)16-5-3-8-19(12-16)40(36,37)33-18-7-4-6-17(13-18)27(28,29)30/h3-8,12-15,33H,9-11H2,1-2H3,(H,31,32,34)/t14-,15+/m1/s1. The Labute approximate surface area is 231 Å². The lowest BCUT2D eigenvalue weighted by Gasteiger charge is -2.17. The number of aromatic nitrogens is 2.